The van der Waals surface area contributed by atoms with Gasteiger partial charge in [-0.2, -0.15) is 0 Å². The van der Waals surface area contributed by atoms with Crippen molar-refractivity contribution in [1.82, 2.24) is 0 Å². The summed E-state index contributed by atoms with van der Waals surface area (Å²) >= 11 is 0. The molecule has 0 radical (unpaired) electrons. The number of hydrogen-bond acceptors (Lipinski definition) is 2. The highest BCUT2D eigenvalue weighted by atomic mass is 15.1. The predicted octanol–water partition coefficient (Wildman–Crippen LogP) is 5.73. The van der Waals surface area contributed by atoms with E-state index in [4.69, 9.17) is 0 Å². The Kier molecular flexibility index (Phi) is 10.8. The van der Waals surface area contributed by atoms with Crippen LogP contribution in [0.1, 0.15) is 0 Å². The zero-order valence-electron chi connectivity index (χ0n) is 15.6. The molecule has 0 aliphatic carbocycles. The van der Waals surface area contributed by atoms with Gasteiger partial charge in [0.1, 0.15) is 0 Å². The average Bonchev–Trinajstić information content (AvgIpc) is 2.69. The summed E-state index contributed by atoms with van der Waals surface area (Å²) in [5.41, 5.74) is 2.42. The van der Waals surface area contributed by atoms with Gasteiger partial charge in [-0.25, -0.2) is 0 Å². The highest BCUT2D eigenvalue weighted by molar-refractivity contribution is 5.47. The third kappa shape index (κ3) is 7.71. The van der Waals surface area contributed by atoms with E-state index in [1.54, 1.807) is 0 Å². The minimum absolute atomic E-state index is 0.857. The second-order valence-electron chi connectivity index (χ2n) is 5.64. The minimum atomic E-state index is 0.857. The molecule has 0 heterocycles. The van der Waals surface area contributed by atoms with E-state index < -0.39 is 0 Å². The van der Waals surface area contributed by atoms with Gasteiger partial charge >= 0.3 is 0 Å². The lowest BCUT2D eigenvalue weighted by atomic mass is 10.3. The van der Waals surface area contributed by atoms with Crippen molar-refractivity contribution in [2.24, 2.45) is 0 Å². The first kappa shape index (κ1) is 21.0. The van der Waals surface area contributed by atoms with Crippen LogP contribution < -0.4 is 9.80 Å². The number of hydrogen-bond donors (Lipinski definition) is 0. The fourth-order valence-corrected chi connectivity index (χ4v) is 2.47. The second-order valence-corrected chi connectivity index (χ2v) is 5.64. The van der Waals surface area contributed by atoms with Gasteiger partial charge in [0.2, 0.25) is 0 Å². The van der Waals surface area contributed by atoms with Crippen molar-refractivity contribution in [2.45, 2.75) is 0 Å². The molecule has 0 aliphatic rings. The topological polar surface area (TPSA) is 6.48 Å². The van der Waals surface area contributed by atoms with Crippen LogP contribution in [0.3, 0.4) is 0 Å². The molecule has 0 aromatic heterocycles. The van der Waals surface area contributed by atoms with Crippen molar-refractivity contribution < 1.29 is 0 Å². The van der Waals surface area contributed by atoms with Crippen LogP contribution >= 0.6 is 0 Å². The van der Waals surface area contributed by atoms with Crippen LogP contribution in [0.2, 0.25) is 0 Å². The second kappa shape index (κ2) is 13.3. The van der Waals surface area contributed by atoms with Gasteiger partial charge in [0.25, 0.3) is 0 Å². The summed E-state index contributed by atoms with van der Waals surface area (Å²) in [6.45, 7) is 18.4. The SMILES string of the molecule is C=CCN(CC=C)c1ccccc1.C=CCN(CC=C)c1ccccc1. The Morgan fingerprint density at radius 1 is 0.500 bits per heavy atom. The summed E-state index contributed by atoms with van der Waals surface area (Å²) in [5, 5.41) is 0. The molecule has 0 aliphatic heterocycles. The summed E-state index contributed by atoms with van der Waals surface area (Å²) in [6, 6.07) is 20.5. The maximum atomic E-state index is 3.73. The largest absolute Gasteiger partial charge is 0.364 e. The quantitative estimate of drug-likeness (QED) is 0.507. The lowest BCUT2D eigenvalue weighted by Crippen LogP contribution is -2.22. The Bertz CT molecular complexity index is 567. The lowest BCUT2D eigenvalue weighted by molar-refractivity contribution is 0.957. The Balaban J connectivity index is 0.000000260. The molecule has 0 saturated heterocycles. The van der Waals surface area contributed by atoms with Gasteiger partial charge in [0.15, 0.2) is 0 Å². The van der Waals surface area contributed by atoms with Gasteiger partial charge < -0.3 is 9.80 Å². The highest BCUT2D eigenvalue weighted by Gasteiger charge is 2.00. The van der Waals surface area contributed by atoms with E-state index in [2.05, 4.69) is 60.4 Å². The molecule has 0 N–H and O–H groups in total. The molecular formula is C24H30N2. The molecule has 0 atom stereocenters. The van der Waals surface area contributed by atoms with Crippen LogP contribution in [-0.2, 0) is 0 Å². The van der Waals surface area contributed by atoms with Gasteiger partial charge in [-0.1, -0.05) is 60.7 Å². The number of anilines is 2. The molecule has 2 aromatic carbocycles. The van der Waals surface area contributed by atoms with Crippen molar-refractivity contribution in [1.29, 1.82) is 0 Å². The molecule has 26 heavy (non-hydrogen) atoms. The lowest BCUT2D eigenvalue weighted by Gasteiger charge is -2.21. The van der Waals surface area contributed by atoms with Crippen molar-refractivity contribution in [3.05, 3.63) is 111 Å². The maximum Gasteiger partial charge on any atom is 0.0371 e. The zero-order chi connectivity index (χ0) is 19.0. The van der Waals surface area contributed by atoms with Crippen LogP contribution in [0.5, 0.6) is 0 Å². The first-order chi connectivity index (χ1) is 12.8. The van der Waals surface area contributed by atoms with E-state index in [1.807, 2.05) is 60.7 Å². The Labute approximate surface area is 159 Å². The van der Waals surface area contributed by atoms with Crippen LogP contribution in [0, 0.1) is 0 Å². The van der Waals surface area contributed by atoms with E-state index in [9.17, 15) is 0 Å². The minimum Gasteiger partial charge on any atom is -0.364 e. The van der Waals surface area contributed by atoms with Gasteiger partial charge in [-0.05, 0) is 24.3 Å². The van der Waals surface area contributed by atoms with Gasteiger partial charge in [0, 0.05) is 37.6 Å². The summed E-state index contributed by atoms with van der Waals surface area (Å²) in [6.07, 6.45) is 7.60. The Hall–Kier alpha value is -3.00. The monoisotopic (exact) mass is 346 g/mol. The van der Waals surface area contributed by atoms with Crippen LogP contribution in [0.25, 0.3) is 0 Å². The van der Waals surface area contributed by atoms with Crippen LogP contribution in [0.4, 0.5) is 11.4 Å². The maximum absolute atomic E-state index is 3.73. The van der Waals surface area contributed by atoms with E-state index in [0.717, 1.165) is 26.2 Å². The fourth-order valence-electron chi connectivity index (χ4n) is 2.47. The van der Waals surface area contributed by atoms with Crippen molar-refractivity contribution >= 4 is 11.4 Å². The molecule has 0 spiro atoms. The highest BCUT2D eigenvalue weighted by Crippen LogP contribution is 2.13. The number of rotatable bonds is 10. The molecule has 0 saturated carbocycles. The van der Waals surface area contributed by atoms with Gasteiger partial charge in [0.05, 0.1) is 0 Å². The van der Waals surface area contributed by atoms with Crippen LogP contribution in [0.15, 0.2) is 111 Å². The molecule has 136 valence electrons. The normalized spacial score (nSPS) is 9.23. The van der Waals surface area contributed by atoms with Gasteiger partial charge in [-0.3, -0.25) is 0 Å². The summed E-state index contributed by atoms with van der Waals surface area (Å²) in [7, 11) is 0. The summed E-state index contributed by atoms with van der Waals surface area (Å²) in [4.78, 5) is 4.42. The first-order valence-corrected chi connectivity index (χ1v) is 8.80. The molecular weight excluding hydrogens is 316 g/mol. The molecule has 2 aromatic rings. The third-order valence-corrected chi connectivity index (χ3v) is 3.64. The number of nitrogens with zero attached hydrogens (tertiary/aromatic N) is 2. The standard InChI is InChI=1S/2C12H15N/c2*1-3-10-13(11-4-2)12-8-6-5-7-9-12/h2*3-9H,1-2,10-11H2. The van der Waals surface area contributed by atoms with Gasteiger partial charge in [-0.15, -0.1) is 26.3 Å². The Morgan fingerprint density at radius 3 is 1.00 bits per heavy atom. The molecule has 2 rings (SSSR count). The smallest absolute Gasteiger partial charge is 0.0371 e. The van der Waals surface area contributed by atoms with Crippen LogP contribution in [-0.4, -0.2) is 26.2 Å². The van der Waals surface area contributed by atoms with Crippen molar-refractivity contribution in [3.63, 3.8) is 0 Å². The predicted molar refractivity (Wildman–Crippen MR) is 118 cm³/mol. The number of para-hydroxylation sites is 2. The summed E-state index contributed by atoms with van der Waals surface area (Å²) in [5.74, 6) is 0. The molecule has 0 unspecified atom stereocenters. The molecule has 2 heteroatoms. The average molecular weight is 347 g/mol. The van der Waals surface area contributed by atoms with Crippen molar-refractivity contribution in [3.8, 4) is 0 Å². The summed E-state index contributed by atoms with van der Waals surface area (Å²) < 4.78 is 0. The molecule has 0 bridgehead atoms. The zero-order valence-corrected chi connectivity index (χ0v) is 15.6. The van der Waals surface area contributed by atoms with E-state index in [0.29, 0.717) is 0 Å². The van der Waals surface area contributed by atoms with E-state index in [1.165, 1.54) is 11.4 Å². The van der Waals surface area contributed by atoms with E-state index >= 15 is 0 Å². The van der Waals surface area contributed by atoms with E-state index in [-0.39, 0.29) is 0 Å². The van der Waals surface area contributed by atoms with Crippen molar-refractivity contribution in [2.75, 3.05) is 36.0 Å². The first-order valence-electron chi connectivity index (χ1n) is 8.80. The molecule has 0 amide bonds. The number of benzene rings is 2. The fraction of sp³-hybridized carbons (Fsp3) is 0.167. The molecule has 2 nitrogen and oxygen atoms in total. The third-order valence-electron chi connectivity index (χ3n) is 3.64. The Morgan fingerprint density at radius 2 is 0.769 bits per heavy atom. The molecule has 0 fully saturated rings.